The van der Waals surface area contributed by atoms with Gasteiger partial charge in [0, 0.05) is 24.8 Å². The van der Waals surface area contributed by atoms with Gasteiger partial charge < -0.3 is 30.5 Å². The molecular weight excluding hydrogens is 543 g/mol. The summed E-state index contributed by atoms with van der Waals surface area (Å²) in [5.41, 5.74) is -1.40. The largest absolute Gasteiger partial charge is 0.508 e. The Morgan fingerprint density at radius 2 is 1.83 bits per heavy atom. The van der Waals surface area contributed by atoms with E-state index in [0.29, 0.717) is 10.5 Å². The van der Waals surface area contributed by atoms with Gasteiger partial charge >= 0.3 is 0 Å². The molecule has 0 saturated carbocycles. The van der Waals surface area contributed by atoms with Gasteiger partial charge in [-0.2, -0.15) is 0 Å². The van der Waals surface area contributed by atoms with Crippen molar-refractivity contribution in [3.8, 4) is 5.75 Å². The predicted molar refractivity (Wildman–Crippen MR) is 144 cm³/mol. The first-order valence-corrected chi connectivity index (χ1v) is 13.1. The first kappa shape index (κ1) is 31.9. The molecular formula is C29H36F3N3O6. The van der Waals surface area contributed by atoms with E-state index >= 15 is 8.78 Å². The Labute approximate surface area is 236 Å². The number of hydrogen-bond acceptors (Lipinski definition) is 6. The Bertz CT molecular complexity index is 1290. The van der Waals surface area contributed by atoms with E-state index in [1.54, 1.807) is 6.92 Å². The summed E-state index contributed by atoms with van der Waals surface area (Å²) in [5, 5.41) is 26.3. The fraction of sp³-hybridized carbons (Fsp3) is 0.483. The molecule has 1 aliphatic heterocycles. The molecule has 2 aromatic carbocycles. The second-order valence-electron chi connectivity index (χ2n) is 10.9. The second kappa shape index (κ2) is 12.5. The van der Waals surface area contributed by atoms with Crippen LogP contribution in [0.2, 0.25) is 0 Å². The van der Waals surface area contributed by atoms with E-state index in [1.165, 1.54) is 50.4 Å². The van der Waals surface area contributed by atoms with Gasteiger partial charge in [0.25, 0.3) is 17.7 Å². The minimum absolute atomic E-state index is 0.000402. The number of carbonyl (C=O) groups is 3. The number of benzene rings is 2. The third-order valence-electron chi connectivity index (χ3n) is 7.65. The normalized spacial score (nSPS) is 19.7. The van der Waals surface area contributed by atoms with Gasteiger partial charge in [-0.15, -0.1) is 0 Å². The summed E-state index contributed by atoms with van der Waals surface area (Å²) >= 11 is 0. The molecule has 0 bridgehead atoms. The molecule has 2 aromatic rings. The Balaban J connectivity index is 1.95. The average Bonchev–Trinajstić information content (AvgIpc) is 3.10. The molecule has 41 heavy (non-hydrogen) atoms. The number of hydrogen-bond donors (Lipinski definition) is 4. The second-order valence-corrected chi connectivity index (χ2v) is 10.9. The van der Waals surface area contributed by atoms with Crippen molar-refractivity contribution in [2.45, 2.75) is 64.3 Å². The van der Waals surface area contributed by atoms with Crippen molar-refractivity contribution in [3.05, 3.63) is 65.0 Å². The van der Waals surface area contributed by atoms with Crippen LogP contribution in [0.3, 0.4) is 0 Å². The number of methoxy groups -OCH3 is 1. The number of phenols is 1. The van der Waals surface area contributed by atoms with Gasteiger partial charge in [0.1, 0.15) is 17.6 Å². The van der Waals surface area contributed by atoms with Gasteiger partial charge in [0.2, 0.25) is 5.91 Å². The van der Waals surface area contributed by atoms with Crippen molar-refractivity contribution in [2.75, 3.05) is 20.2 Å². The molecule has 4 N–H and O–H groups in total. The number of rotatable bonds is 10. The molecule has 0 unspecified atom stereocenters. The van der Waals surface area contributed by atoms with E-state index in [1.807, 2.05) is 0 Å². The third kappa shape index (κ3) is 6.82. The van der Waals surface area contributed by atoms with E-state index in [9.17, 15) is 29.0 Å². The molecule has 4 atom stereocenters. The summed E-state index contributed by atoms with van der Waals surface area (Å²) in [6.45, 7) is 4.34. The van der Waals surface area contributed by atoms with Crippen molar-refractivity contribution in [1.29, 1.82) is 0 Å². The van der Waals surface area contributed by atoms with E-state index in [0.717, 1.165) is 19.9 Å². The third-order valence-corrected chi connectivity index (χ3v) is 7.65. The molecule has 0 spiro atoms. The van der Waals surface area contributed by atoms with Crippen LogP contribution in [0.15, 0.2) is 42.5 Å². The molecule has 0 aliphatic carbocycles. The summed E-state index contributed by atoms with van der Waals surface area (Å²) in [5.74, 6) is -7.06. The monoisotopic (exact) mass is 579 g/mol. The van der Waals surface area contributed by atoms with Crippen LogP contribution in [0.1, 0.15) is 42.3 Å². The number of likely N-dealkylation sites (tertiary alicyclic amines) is 1. The number of carbonyl (C=O) groups excluding carboxylic acids is 3. The molecule has 3 amide bonds. The number of aromatic hydroxyl groups is 1. The van der Waals surface area contributed by atoms with Crippen LogP contribution in [0.5, 0.6) is 5.75 Å². The van der Waals surface area contributed by atoms with E-state index in [-0.39, 0.29) is 29.8 Å². The Hall–Kier alpha value is -3.64. The van der Waals surface area contributed by atoms with Crippen LogP contribution in [0.25, 0.3) is 0 Å². The number of phenolic OH excluding ortho intramolecular Hbond substituents is 1. The van der Waals surface area contributed by atoms with Gasteiger partial charge in [-0.3, -0.25) is 14.4 Å². The lowest BCUT2D eigenvalue weighted by Gasteiger charge is -2.34. The lowest BCUT2D eigenvalue weighted by atomic mass is 9.81. The topological polar surface area (TPSA) is 128 Å². The highest BCUT2D eigenvalue weighted by molar-refractivity contribution is 5.97. The SMILES string of the molecule is CO[C@H](C)CNC(=O)[C@@H]1N(C(=O)[C@@H](O)[C@H](Cc2cccc(F)c2)NC(=O)c2cccc(O)c2C)CC(F)(F)C1(C)C. The average molecular weight is 580 g/mol. The fourth-order valence-electron chi connectivity index (χ4n) is 4.81. The first-order chi connectivity index (χ1) is 19.1. The number of nitrogens with zero attached hydrogens (tertiary/aromatic N) is 1. The summed E-state index contributed by atoms with van der Waals surface area (Å²) in [6.07, 6.45) is -2.76. The summed E-state index contributed by atoms with van der Waals surface area (Å²) < 4.78 is 49.3. The van der Waals surface area contributed by atoms with Crippen molar-refractivity contribution >= 4 is 17.7 Å². The lowest BCUT2D eigenvalue weighted by molar-refractivity contribution is -0.148. The number of nitrogens with one attached hydrogen (secondary N) is 2. The number of halogens is 3. The van der Waals surface area contributed by atoms with Crippen LogP contribution >= 0.6 is 0 Å². The van der Waals surface area contributed by atoms with Gasteiger partial charge in [0.15, 0.2) is 6.10 Å². The van der Waals surface area contributed by atoms with E-state index in [4.69, 9.17) is 4.74 Å². The van der Waals surface area contributed by atoms with Crippen molar-refractivity contribution in [1.82, 2.24) is 15.5 Å². The van der Waals surface area contributed by atoms with E-state index < -0.39 is 65.7 Å². The number of alkyl halides is 2. The first-order valence-electron chi connectivity index (χ1n) is 13.1. The summed E-state index contributed by atoms with van der Waals surface area (Å²) in [7, 11) is 1.42. The van der Waals surface area contributed by atoms with Gasteiger partial charge in [0.05, 0.1) is 24.1 Å². The van der Waals surface area contributed by atoms with Crippen molar-refractivity contribution < 1.29 is 42.5 Å². The number of amides is 3. The van der Waals surface area contributed by atoms with Gasteiger partial charge in [-0.25, -0.2) is 13.2 Å². The maximum Gasteiger partial charge on any atom is 0.272 e. The van der Waals surface area contributed by atoms with Crippen LogP contribution in [-0.2, 0) is 20.7 Å². The molecule has 224 valence electrons. The van der Waals surface area contributed by atoms with Crippen LogP contribution < -0.4 is 10.6 Å². The molecule has 1 saturated heterocycles. The molecule has 9 nitrogen and oxygen atoms in total. The minimum Gasteiger partial charge on any atom is -0.508 e. The Morgan fingerprint density at radius 1 is 1.17 bits per heavy atom. The highest BCUT2D eigenvalue weighted by atomic mass is 19.3. The Morgan fingerprint density at radius 3 is 2.46 bits per heavy atom. The predicted octanol–water partition coefficient (Wildman–Crippen LogP) is 2.57. The van der Waals surface area contributed by atoms with Crippen LogP contribution in [-0.4, -0.2) is 83.2 Å². The number of aliphatic hydroxyl groups excluding tert-OH is 1. The molecule has 1 heterocycles. The quantitative estimate of drug-likeness (QED) is 0.343. The summed E-state index contributed by atoms with van der Waals surface area (Å²) in [6, 6.07) is 6.43. The maximum atomic E-state index is 15.2. The molecule has 0 aromatic heterocycles. The lowest BCUT2D eigenvalue weighted by Crippen LogP contribution is -2.58. The zero-order valence-corrected chi connectivity index (χ0v) is 23.6. The van der Waals surface area contributed by atoms with Crippen LogP contribution in [0.4, 0.5) is 13.2 Å². The highest BCUT2D eigenvalue weighted by Crippen LogP contribution is 2.48. The number of aliphatic hydroxyl groups is 1. The molecule has 12 heteroatoms. The maximum absolute atomic E-state index is 15.2. The minimum atomic E-state index is -3.49. The Kier molecular flexibility index (Phi) is 9.70. The zero-order chi connectivity index (χ0) is 30.7. The smallest absolute Gasteiger partial charge is 0.272 e. The molecule has 0 radical (unpaired) electrons. The molecule has 3 rings (SSSR count). The van der Waals surface area contributed by atoms with Crippen LogP contribution in [0, 0.1) is 18.2 Å². The van der Waals surface area contributed by atoms with Crippen molar-refractivity contribution in [3.63, 3.8) is 0 Å². The standard InChI is InChI=1S/C29H36F3N3O6/c1-16(41-5)14-33-26(39)24-28(3,4)29(31,32)15-35(24)27(40)23(37)21(13-18-8-6-9-19(30)12-18)34-25(38)20-10-7-11-22(36)17(20)2/h6-12,16,21,23-24,36-37H,13-15H2,1-5H3,(H,33,39)(H,34,38)/t16-,21+,23+,24+/m1/s1. The van der Waals surface area contributed by atoms with Crippen molar-refractivity contribution in [2.24, 2.45) is 5.41 Å². The fourth-order valence-corrected chi connectivity index (χ4v) is 4.81. The highest BCUT2D eigenvalue weighted by Gasteiger charge is 2.64. The van der Waals surface area contributed by atoms with Gasteiger partial charge in [-0.1, -0.05) is 32.0 Å². The summed E-state index contributed by atoms with van der Waals surface area (Å²) in [4.78, 5) is 40.6. The number of ether oxygens (including phenoxy) is 1. The zero-order valence-electron chi connectivity index (χ0n) is 23.6. The molecule has 1 aliphatic rings. The van der Waals surface area contributed by atoms with Gasteiger partial charge in [-0.05, 0) is 50.1 Å². The van der Waals surface area contributed by atoms with E-state index in [2.05, 4.69) is 10.6 Å². The molecule has 1 fully saturated rings.